The van der Waals surface area contributed by atoms with Crippen LogP contribution in [-0.2, 0) is 4.79 Å². The molecule has 1 N–H and O–H groups in total. The van der Waals surface area contributed by atoms with E-state index in [0.29, 0.717) is 16.9 Å². The average Bonchev–Trinajstić information content (AvgIpc) is 3.15. The Hall–Kier alpha value is -2.59. The maximum absolute atomic E-state index is 13.8. The second-order valence-electron chi connectivity index (χ2n) is 6.73. The largest absolute Gasteiger partial charge is 0.460 e. The molecule has 0 radical (unpaired) electrons. The second-order valence-corrected chi connectivity index (χ2v) is 7.59. The SMILES string of the molecule is Cc1ccc(-c2csc(NC(=O)C(F)(F)C(F)(F)C(F)(F)C(F)(F)C(F)(F)C(F)(F)F)n2)cc1. The molecule has 0 atom stereocenters. The minimum Gasteiger partial charge on any atom is -0.296 e. The summed E-state index contributed by atoms with van der Waals surface area (Å²) < 4.78 is 170. The first kappa shape index (κ1) is 27.7. The van der Waals surface area contributed by atoms with E-state index in [9.17, 15) is 61.9 Å². The second kappa shape index (κ2) is 8.27. The lowest BCUT2D eigenvalue weighted by Gasteiger charge is -2.39. The van der Waals surface area contributed by atoms with Gasteiger partial charge in [0, 0.05) is 10.9 Å². The Morgan fingerprint density at radius 1 is 0.765 bits per heavy atom. The molecule has 2 rings (SSSR count). The highest BCUT2D eigenvalue weighted by atomic mass is 32.1. The lowest BCUT2D eigenvalue weighted by atomic mass is 9.93. The first-order chi connectivity index (χ1) is 15.1. The molecule has 0 aliphatic heterocycles. The molecule has 34 heavy (non-hydrogen) atoms. The Morgan fingerprint density at radius 2 is 1.24 bits per heavy atom. The van der Waals surface area contributed by atoms with Crippen LogP contribution in [-0.4, -0.2) is 46.7 Å². The van der Waals surface area contributed by atoms with Crippen LogP contribution in [0.1, 0.15) is 5.56 Å². The molecule has 0 spiro atoms. The van der Waals surface area contributed by atoms with E-state index in [1.807, 2.05) is 0 Å². The van der Waals surface area contributed by atoms with E-state index >= 15 is 0 Å². The summed E-state index contributed by atoms with van der Waals surface area (Å²) in [7, 11) is 0. The number of halogens is 13. The highest BCUT2D eigenvalue weighted by molar-refractivity contribution is 7.14. The van der Waals surface area contributed by atoms with E-state index in [2.05, 4.69) is 4.98 Å². The van der Waals surface area contributed by atoms with Crippen LogP contribution in [0.4, 0.5) is 62.2 Å². The fourth-order valence-electron chi connectivity index (χ4n) is 2.28. The van der Waals surface area contributed by atoms with E-state index < -0.39 is 46.8 Å². The van der Waals surface area contributed by atoms with Crippen LogP contribution in [0.3, 0.4) is 0 Å². The fourth-order valence-corrected chi connectivity index (χ4v) is 2.99. The number of rotatable bonds is 7. The summed E-state index contributed by atoms with van der Waals surface area (Å²) in [4.78, 5) is 15.1. The molecule has 1 aromatic carbocycles. The number of aromatic nitrogens is 1. The lowest BCUT2D eigenvalue weighted by Crippen LogP contribution is -2.71. The zero-order valence-corrected chi connectivity index (χ0v) is 16.9. The number of carbonyl (C=O) groups excluding carboxylic acids is 1. The number of hydrogen-bond donors (Lipinski definition) is 1. The lowest BCUT2D eigenvalue weighted by molar-refractivity contribution is -0.435. The van der Waals surface area contributed by atoms with Crippen molar-refractivity contribution in [3.05, 3.63) is 35.2 Å². The van der Waals surface area contributed by atoms with Crippen molar-refractivity contribution in [2.75, 3.05) is 5.32 Å². The number of anilines is 1. The molecule has 17 heteroatoms. The predicted molar refractivity (Wildman–Crippen MR) is 91.7 cm³/mol. The summed E-state index contributed by atoms with van der Waals surface area (Å²) in [5, 5.41) is 1.10. The van der Waals surface area contributed by atoms with Crippen molar-refractivity contribution in [1.82, 2.24) is 4.98 Å². The number of nitrogens with one attached hydrogen (secondary N) is 1. The Kier molecular flexibility index (Phi) is 6.72. The molecule has 2 aromatic rings. The zero-order chi connectivity index (χ0) is 26.5. The van der Waals surface area contributed by atoms with Crippen molar-refractivity contribution in [2.45, 2.75) is 42.7 Å². The van der Waals surface area contributed by atoms with E-state index in [4.69, 9.17) is 0 Å². The molecule has 0 saturated carbocycles. The summed E-state index contributed by atoms with van der Waals surface area (Å²) in [6, 6.07) is 6.06. The molecule has 0 aliphatic carbocycles. The molecule has 1 aromatic heterocycles. The molecule has 1 amide bonds. The van der Waals surface area contributed by atoms with Gasteiger partial charge in [0.2, 0.25) is 0 Å². The number of alkyl halides is 13. The summed E-state index contributed by atoms with van der Waals surface area (Å²) in [6.07, 6.45) is -7.53. The standard InChI is InChI=1S/C17H9F13N2OS/c1-7-2-4-8(5-3-7)9-6-34-11(31-9)32-10(33)12(18,19)13(20,21)14(22,23)15(24,25)16(26,27)17(28,29)30/h2-6H,1H3,(H,31,32,33). The number of amides is 1. The first-order valence-corrected chi connectivity index (χ1v) is 9.29. The molecule has 3 nitrogen and oxygen atoms in total. The zero-order valence-electron chi connectivity index (χ0n) is 16.1. The van der Waals surface area contributed by atoms with Gasteiger partial charge in [-0.15, -0.1) is 11.3 Å². The van der Waals surface area contributed by atoms with Gasteiger partial charge in [-0.25, -0.2) is 4.98 Å². The molecule has 0 unspecified atom stereocenters. The highest BCUT2D eigenvalue weighted by Gasteiger charge is 2.91. The van der Waals surface area contributed by atoms with Crippen molar-refractivity contribution in [1.29, 1.82) is 0 Å². The van der Waals surface area contributed by atoms with E-state index in [-0.39, 0.29) is 5.69 Å². The monoisotopic (exact) mass is 536 g/mol. The van der Waals surface area contributed by atoms with Crippen LogP contribution in [0.15, 0.2) is 29.6 Å². The van der Waals surface area contributed by atoms with Gasteiger partial charge >= 0.3 is 41.7 Å². The van der Waals surface area contributed by atoms with Crippen molar-refractivity contribution in [2.24, 2.45) is 0 Å². The van der Waals surface area contributed by atoms with Crippen LogP contribution in [0.25, 0.3) is 11.3 Å². The topological polar surface area (TPSA) is 42.0 Å². The van der Waals surface area contributed by atoms with Crippen LogP contribution in [0, 0.1) is 6.92 Å². The summed E-state index contributed by atoms with van der Waals surface area (Å²) >= 11 is 0.299. The third kappa shape index (κ3) is 4.17. The van der Waals surface area contributed by atoms with Gasteiger partial charge in [0.1, 0.15) is 0 Å². The smallest absolute Gasteiger partial charge is 0.296 e. The minimum absolute atomic E-state index is 0.0305. The van der Waals surface area contributed by atoms with E-state index in [1.54, 1.807) is 19.1 Å². The molecular weight excluding hydrogens is 527 g/mol. The van der Waals surface area contributed by atoms with Crippen LogP contribution in [0.5, 0.6) is 0 Å². The molecular formula is C17H9F13N2OS. The Labute approximate surface area is 184 Å². The fraction of sp³-hybridized carbons (Fsp3) is 0.412. The molecule has 0 fully saturated rings. The quantitative estimate of drug-likeness (QED) is 0.396. The van der Waals surface area contributed by atoms with Gasteiger partial charge in [-0.2, -0.15) is 57.1 Å². The molecule has 190 valence electrons. The van der Waals surface area contributed by atoms with Crippen LogP contribution >= 0.6 is 11.3 Å². The first-order valence-electron chi connectivity index (χ1n) is 8.41. The molecule has 0 saturated heterocycles. The number of carbonyl (C=O) groups is 1. The molecule has 0 aliphatic rings. The van der Waals surface area contributed by atoms with E-state index in [1.165, 1.54) is 12.1 Å². The van der Waals surface area contributed by atoms with Crippen LogP contribution in [0.2, 0.25) is 0 Å². The minimum atomic E-state index is -8.08. The van der Waals surface area contributed by atoms with Crippen molar-refractivity contribution in [3.8, 4) is 11.3 Å². The summed E-state index contributed by atoms with van der Waals surface area (Å²) in [5.41, 5.74) is 1.07. The number of thiazole rings is 1. The van der Waals surface area contributed by atoms with Gasteiger partial charge in [0.05, 0.1) is 5.69 Å². The molecule has 0 bridgehead atoms. The number of nitrogens with zero attached hydrogens (tertiary/aromatic N) is 1. The van der Waals surface area contributed by atoms with Gasteiger partial charge in [-0.05, 0) is 6.92 Å². The number of benzene rings is 1. The maximum Gasteiger partial charge on any atom is 0.460 e. The highest BCUT2D eigenvalue weighted by Crippen LogP contribution is 2.60. The number of hydrogen-bond acceptors (Lipinski definition) is 3. The summed E-state index contributed by atoms with van der Waals surface area (Å²) in [6.45, 7) is 1.70. The number of aryl methyl sites for hydroxylation is 1. The Bertz CT molecular complexity index is 1040. The predicted octanol–water partition coefficient (Wildman–Crippen LogP) is 6.80. The van der Waals surface area contributed by atoms with E-state index in [0.717, 1.165) is 16.3 Å². The average molecular weight is 536 g/mol. The Balaban J connectivity index is 2.36. The van der Waals surface area contributed by atoms with Crippen molar-refractivity contribution in [3.63, 3.8) is 0 Å². The van der Waals surface area contributed by atoms with Gasteiger partial charge in [0.25, 0.3) is 0 Å². The Morgan fingerprint density at radius 3 is 1.71 bits per heavy atom. The normalized spacial score (nSPS) is 14.3. The van der Waals surface area contributed by atoms with Gasteiger partial charge < -0.3 is 0 Å². The third-order valence-electron chi connectivity index (χ3n) is 4.29. The van der Waals surface area contributed by atoms with Crippen molar-refractivity contribution >= 4 is 22.4 Å². The summed E-state index contributed by atoms with van der Waals surface area (Å²) in [5.74, 6) is -42.0. The van der Waals surface area contributed by atoms with Crippen LogP contribution < -0.4 is 5.32 Å². The van der Waals surface area contributed by atoms with Gasteiger partial charge in [-0.3, -0.25) is 10.1 Å². The third-order valence-corrected chi connectivity index (χ3v) is 5.05. The van der Waals surface area contributed by atoms with Gasteiger partial charge in [0.15, 0.2) is 5.13 Å². The van der Waals surface area contributed by atoms with Gasteiger partial charge in [-0.1, -0.05) is 29.8 Å². The maximum atomic E-state index is 13.8. The van der Waals surface area contributed by atoms with Crippen molar-refractivity contribution < 1.29 is 61.9 Å². The molecule has 1 heterocycles.